The number of hydrogen-bond donors (Lipinski definition) is 0. The van der Waals surface area contributed by atoms with Crippen LogP contribution in [0, 0.1) is 5.92 Å². The zero-order valence-electron chi connectivity index (χ0n) is 11.2. The molecule has 18 heavy (non-hydrogen) atoms. The van der Waals surface area contributed by atoms with Crippen molar-refractivity contribution < 1.29 is 4.42 Å². The lowest BCUT2D eigenvalue weighted by molar-refractivity contribution is 0.274. The molecule has 0 unspecified atom stereocenters. The summed E-state index contributed by atoms with van der Waals surface area (Å²) in [6, 6.07) is 0. The van der Waals surface area contributed by atoms with Gasteiger partial charge in [-0.2, -0.15) is 0 Å². The van der Waals surface area contributed by atoms with Crippen molar-refractivity contribution in [2.45, 2.75) is 64.2 Å². The molecule has 1 aromatic rings. The normalized spacial score (nSPS) is 24.3. The van der Waals surface area contributed by atoms with Crippen LogP contribution in [0.2, 0.25) is 0 Å². The lowest BCUT2D eigenvalue weighted by Gasteiger charge is -2.26. The maximum absolute atomic E-state index is 5.67. The van der Waals surface area contributed by atoms with E-state index in [2.05, 4.69) is 17.1 Å². The largest absolute Gasteiger partial charge is 0.425 e. The number of rotatable bonds is 6. The highest BCUT2D eigenvalue weighted by molar-refractivity contribution is 6.17. The van der Waals surface area contributed by atoms with Crippen LogP contribution in [0.4, 0.5) is 0 Å². The van der Waals surface area contributed by atoms with E-state index in [0.29, 0.717) is 24.1 Å². The summed E-state index contributed by atoms with van der Waals surface area (Å²) in [7, 11) is 0. The minimum absolute atomic E-state index is 0.486. The SMILES string of the molecule is CCCCC1CCC(c2nnc(CCCl)o2)CC1. The Morgan fingerprint density at radius 1 is 1.22 bits per heavy atom. The Kier molecular flexibility index (Phi) is 5.48. The predicted molar refractivity (Wildman–Crippen MR) is 72.9 cm³/mol. The van der Waals surface area contributed by atoms with E-state index >= 15 is 0 Å². The van der Waals surface area contributed by atoms with Gasteiger partial charge in [-0.3, -0.25) is 0 Å². The van der Waals surface area contributed by atoms with E-state index < -0.39 is 0 Å². The summed E-state index contributed by atoms with van der Waals surface area (Å²) < 4.78 is 5.67. The van der Waals surface area contributed by atoms with E-state index in [1.54, 1.807) is 0 Å². The molecule has 0 amide bonds. The van der Waals surface area contributed by atoms with Gasteiger partial charge in [0.25, 0.3) is 0 Å². The van der Waals surface area contributed by atoms with Crippen LogP contribution in [0.1, 0.15) is 69.6 Å². The lowest BCUT2D eigenvalue weighted by atomic mass is 9.80. The molecule has 0 bridgehead atoms. The minimum atomic E-state index is 0.486. The minimum Gasteiger partial charge on any atom is -0.425 e. The molecule has 1 aromatic heterocycles. The van der Waals surface area contributed by atoms with E-state index in [-0.39, 0.29) is 0 Å². The molecule has 4 heteroatoms. The van der Waals surface area contributed by atoms with Crippen LogP contribution >= 0.6 is 11.6 Å². The van der Waals surface area contributed by atoms with Crippen molar-refractivity contribution in [1.82, 2.24) is 10.2 Å². The molecule has 0 aromatic carbocycles. The van der Waals surface area contributed by atoms with E-state index in [1.165, 1.54) is 44.9 Å². The third kappa shape index (κ3) is 3.71. The Labute approximate surface area is 114 Å². The Hall–Kier alpha value is -0.570. The number of aryl methyl sites for hydroxylation is 1. The molecule has 1 heterocycles. The van der Waals surface area contributed by atoms with Crippen LogP contribution in [-0.2, 0) is 6.42 Å². The van der Waals surface area contributed by atoms with Gasteiger partial charge in [0.1, 0.15) is 0 Å². The first-order valence-electron chi connectivity index (χ1n) is 7.21. The maximum Gasteiger partial charge on any atom is 0.219 e. The second-order valence-electron chi connectivity index (χ2n) is 5.33. The number of hydrogen-bond acceptors (Lipinski definition) is 3. The van der Waals surface area contributed by atoms with E-state index in [0.717, 1.165) is 11.8 Å². The van der Waals surface area contributed by atoms with Crippen molar-refractivity contribution in [1.29, 1.82) is 0 Å². The summed E-state index contributed by atoms with van der Waals surface area (Å²) in [5.41, 5.74) is 0. The monoisotopic (exact) mass is 270 g/mol. The van der Waals surface area contributed by atoms with Crippen molar-refractivity contribution in [2.75, 3.05) is 5.88 Å². The van der Waals surface area contributed by atoms with Crippen molar-refractivity contribution in [3.63, 3.8) is 0 Å². The molecular formula is C14H23ClN2O. The first kappa shape index (κ1) is 13.9. The van der Waals surface area contributed by atoms with Crippen molar-refractivity contribution in [3.8, 4) is 0 Å². The van der Waals surface area contributed by atoms with Crippen molar-refractivity contribution in [2.24, 2.45) is 5.92 Å². The van der Waals surface area contributed by atoms with E-state index in [1.807, 2.05) is 0 Å². The Bertz CT molecular complexity index is 345. The number of nitrogens with zero attached hydrogens (tertiary/aromatic N) is 2. The highest BCUT2D eigenvalue weighted by Crippen LogP contribution is 2.37. The molecule has 3 nitrogen and oxygen atoms in total. The zero-order chi connectivity index (χ0) is 12.8. The highest BCUT2D eigenvalue weighted by Gasteiger charge is 2.25. The molecule has 102 valence electrons. The number of halogens is 1. The molecule has 0 aliphatic heterocycles. The van der Waals surface area contributed by atoms with Crippen LogP contribution in [0.15, 0.2) is 4.42 Å². The van der Waals surface area contributed by atoms with Crippen LogP contribution in [-0.4, -0.2) is 16.1 Å². The summed E-state index contributed by atoms with van der Waals surface area (Å²) in [5.74, 6) is 3.48. The number of aromatic nitrogens is 2. The van der Waals surface area contributed by atoms with Crippen molar-refractivity contribution >= 4 is 11.6 Å². The molecule has 0 N–H and O–H groups in total. The smallest absolute Gasteiger partial charge is 0.219 e. The lowest BCUT2D eigenvalue weighted by Crippen LogP contribution is -2.13. The fraction of sp³-hybridized carbons (Fsp3) is 0.857. The molecular weight excluding hydrogens is 248 g/mol. The molecule has 0 spiro atoms. The average molecular weight is 271 g/mol. The second-order valence-corrected chi connectivity index (χ2v) is 5.71. The molecule has 1 saturated carbocycles. The van der Waals surface area contributed by atoms with Crippen LogP contribution in [0.25, 0.3) is 0 Å². The quantitative estimate of drug-likeness (QED) is 0.723. The summed E-state index contributed by atoms with van der Waals surface area (Å²) >= 11 is 5.67. The first-order chi connectivity index (χ1) is 8.83. The maximum atomic E-state index is 5.67. The van der Waals surface area contributed by atoms with Gasteiger partial charge >= 0.3 is 0 Å². The number of unbranched alkanes of at least 4 members (excludes halogenated alkanes) is 1. The molecule has 1 aliphatic carbocycles. The molecule has 2 rings (SSSR count). The zero-order valence-corrected chi connectivity index (χ0v) is 12.0. The molecule has 1 aliphatic rings. The summed E-state index contributed by atoms with van der Waals surface area (Å²) in [5, 5.41) is 8.22. The van der Waals surface area contributed by atoms with Crippen LogP contribution in [0.5, 0.6) is 0 Å². The van der Waals surface area contributed by atoms with Gasteiger partial charge in [0.2, 0.25) is 11.8 Å². The second kappa shape index (κ2) is 7.13. The average Bonchev–Trinajstić information content (AvgIpc) is 2.86. The molecule has 0 atom stereocenters. The highest BCUT2D eigenvalue weighted by atomic mass is 35.5. The van der Waals surface area contributed by atoms with Gasteiger partial charge in [0.15, 0.2) is 0 Å². The van der Waals surface area contributed by atoms with E-state index in [9.17, 15) is 0 Å². The van der Waals surface area contributed by atoms with Gasteiger partial charge in [0.05, 0.1) is 0 Å². The Morgan fingerprint density at radius 2 is 2.00 bits per heavy atom. The summed E-state index contributed by atoms with van der Waals surface area (Å²) in [6.07, 6.45) is 9.80. The van der Waals surface area contributed by atoms with E-state index in [4.69, 9.17) is 16.0 Å². The van der Waals surface area contributed by atoms with Gasteiger partial charge in [0, 0.05) is 18.2 Å². The fourth-order valence-corrected chi connectivity index (χ4v) is 2.97. The van der Waals surface area contributed by atoms with Crippen molar-refractivity contribution in [3.05, 3.63) is 11.8 Å². The molecule has 0 saturated heterocycles. The number of alkyl halides is 1. The summed E-state index contributed by atoms with van der Waals surface area (Å²) in [6.45, 7) is 2.27. The standard InChI is InChI=1S/C14H23ClN2O/c1-2-3-4-11-5-7-12(8-6-11)14-17-16-13(18-14)9-10-15/h11-12H,2-10H2,1H3. The third-order valence-corrected chi connectivity index (χ3v) is 4.14. The Balaban J connectivity index is 1.81. The van der Waals surface area contributed by atoms with Gasteiger partial charge in [-0.25, -0.2) is 0 Å². The topological polar surface area (TPSA) is 38.9 Å². The third-order valence-electron chi connectivity index (χ3n) is 3.95. The van der Waals surface area contributed by atoms with Gasteiger partial charge in [-0.05, 0) is 31.6 Å². The predicted octanol–water partition coefficient (Wildman–Crippen LogP) is 4.31. The molecule has 0 radical (unpaired) electrons. The first-order valence-corrected chi connectivity index (χ1v) is 7.75. The van der Waals surface area contributed by atoms with Gasteiger partial charge in [-0.15, -0.1) is 21.8 Å². The molecule has 1 fully saturated rings. The van der Waals surface area contributed by atoms with Gasteiger partial charge in [-0.1, -0.05) is 26.2 Å². The van der Waals surface area contributed by atoms with Crippen LogP contribution < -0.4 is 0 Å². The summed E-state index contributed by atoms with van der Waals surface area (Å²) in [4.78, 5) is 0. The van der Waals surface area contributed by atoms with Gasteiger partial charge < -0.3 is 4.42 Å². The Morgan fingerprint density at radius 3 is 2.67 bits per heavy atom. The van der Waals surface area contributed by atoms with Crippen LogP contribution in [0.3, 0.4) is 0 Å². The fourth-order valence-electron chi connectivity index (χ4n) is 2.80.